The molecule has 0 aliphatic rings. The van der Waals surface area contributed by atoms with Crippen LogP contribution in [0.5, 0.6) is 0 Å². The number of anilines is 1. The van der Waals surface area contributed by atoms with Gasteiger partial charge in [-0.2, -0.15) is 0 Å². The van der Waals surface area contributed by atoms with Gasteiger partial charge in [-0.15, -0.1) is 0 Å². The summed E-state index contributed by atoms with van der Waals surface area (Å²) in [6.07, 6.45) is 4.01. The van der Waals surface area contributed by atoms with Gasteiger partial charge in [-0.25, -0.2) is 0 Å². The van der Waals surface area contributed by atoms with E-state index in [4.69, 9.17) is 0 Å². The SMILES string of the molecule is CNC(=O)c1ccc(C)c(NC(=O)c2ccc(Cn3cccc3)cc2)c1. The van der Waals surface area contributed by atoms with Crippen molar-refractivity contribution in [3.63, 3.8) is 0 Å². The Morgan fingerprint density at radius 2 is 1.58 bits per heavy atom. The minimum atomic E-state index is -0.199. The molecule has 0 atom stereocenters. The Morgan fingerprint density at radius 3 is 2.23 bits per heavy atom. The number of aryl methyl sites for hydroxylation is 1. The van der Waals surface area contributed by atoms with Crippen molar-refractivity contribution in [3.05, 3.63) is 89.2 Å². The van der Waals surface area contributed by atoms with Gasteiger partial charge in [0.05, 0.1) is 0 Å². The number of aromatic nitrogens is 1. The molecule has 1 heterocycles. The lowest BCUT2D eigenvalue weighted by Crippen LogP contribution is -2.19. The van der Waals surface area contributed by atoms with E-state index >= 15 is 0 Å². The van der Waals surface area contributed by atoms with Crippen LogP contribution in [0.25, 0.3) is 0 Å². The van der Waals surface area contributed by atoms with Gasteiger partial charge in [-0.3, -0.25) is 9.59 Å². The molecule has 3 rings (SSSR count). The first-order valence-corrected chi connectivity index (χ1v) is 8.40. The van der Waals surface area contributed by atoms with Crippen molar-refractivity contribution in [2.24, 2.45) is 0 Å². The molecule has 0 bridgehead atoms. The summed E-state index contributed by atoms with van der Waals surface area (Å²) >= 11 is 0. The van der Waals surface area contributed by atoms with Crippen molar-refractivity contribution in [1.82, 2.24) is 9.88 Å². The fraction of sp³-hybridized carbons (Fsp3) is 0.143. The van der Waals surface area contributed by atoms with Crippen LogP contribution >= 0.6 is 0 Å². The number of carbonyl (C=O) groups excluding carboxylic acids is 2. The van der Waals surface area contributed by atoms with Gasteiger partial charge in [0.25, 0.3) is 11.8 Å². The maximum Gasteiger partial charge on any atom is 0.255 e. The van der Waals surface area contributed by atoms with Crippen LogP contribution in [-0.2, 0) is 6.54 Å². The quantitative estimate of drug-likeness (QED) is 0.742. The van der Waals surface area contributed by atoms with Gasteiger partial charge < -0.3 is 15.2 Å². The van der Waals surface area contributed by atoms with Gasteiger partial charge >= 0.3 is 0 Å². The summed E-state index contributed by atoms with van der Waals surface area (Å²) < 4.78 is 2.07. The Balaban J connectivity index is 1.72. The number of carbonyl (C=O) groups is 2. The van der Waals surface area contributed by atoms with Crippen molar-refractivity contribution >= 4 is 17.5 Å². The Hall–Kier alpha value is -3.34. The molecule has 0 fully saturated rings. The lowest BCUT2D eigenvalue weighted by molar-refractivity contribution is 0.0961. The van der Waals surface area contributed by atoms with E-state index in [1.807, 2.05) is 61.8 Å². The predicted octanol–water partition coefficient (Wildman–Crippen LogP) is 3.46. The molecule has 0 saturated carbocycles. The largest absolute Gasteiger partial charge is 0.355 e. The number of hydrogen-bond donors (Lipinski definition) is 2. The zero-order valence-corrected chi connectivity index (χ0v) is 14.8. The standard InChI is InChI=1S/C21H21N3O2/c1-15-5-8-18(20(25)22-2)13-19(15)23-21(26)17-9-6-16(7-10-17)14-24-11-3-4-12-24/h3-13H,14H2,1-2H3,(H,22,25)(H,23,26). The molecule has 0 radical (unpaired) electrons. The number of amides is 2. The van der Waals surface area contributed by atoms with E-state index in [0.29, 0.717) is 16.8 Å². The van der Waals surface area contributed by atoms with Gasteiger partial charge in [0, 0.05) is 42.8 Å². The van der Waals surface area contributed by atoms with E-state index < -0.39 is 0 Å². The number of nitrogens with zero attached hydrogens (tertiary/aromatic N) is 1. The van der Waals surface area contributed by atoms with Crippen LogP contribution in [0.1, 0.15) is 31.8 Å². The molecule has 5 nitrogen and oxygen atoms in total. The first-order chi connectivity index (χ1) is 12.6. The Labute approximate surface area is 152 Å². The van der Waals surface area contributed by atoms with E-state index in [9.17, 15) is 9.59 Å². The molecule has 26 heavy (non-hydrogen) atoms. The molecular formula is C21H21N3O2. The number of hydrogen-bond acceptors (Lipinski definition) is 2. The van der Waals surface area contributed by atoms with Crippen LogP contribution in [0.2, 0.25) is 0 Å². The maximum absolute atomic E-state index is 12.5. The molecule has 132 valence electrons. The Kier molecular flexibility index (Phi) is 5.17. The fourth-order valence-electron chi connectivity index (χ4n) is 2.68. The monoisotopic (exact) mass is 347 g/mol. The molecular weight excluding hydrogens is 326 g/mol. The predicted molar refractivity (Wildman–Crippen MR) is 102 cm³/mol. The van der Waals surface area contributed by atoms with Crippen LogP contribution in [0, 0.1) is 6.92 Å². The molecule has 2 amide bonds. The maximum atomic E-state index is 12.5. The van der Waals surface area contributed by atoms with Crippen LogP contribution in [0.4, 0.5) is 5.69 Å². The molecule has 0 aliphatic carbocycles. The molecule has 5 heteroatoms. The third-order valence-corrected chi connectivity index (χ3v) is 4.22. The van der Waals surface area contributed by atoms with Crippen LogP contribution in [0.3, 0.4) is 0 Å². The normalized spacial score (nSPS) is 10.4. The topological polar surface area (TPSA) is 63.1 Å². The average molecular weight is 347 g/mol. The highest BCUT2D eigenvalue weighted by Gasteiger charge is 2.11. The molecule has 2 N–H and O–H groups in total. The molecule has 0 saturated heterocycles. The molecule has 3 aromatic rings. The summed E-state index contributed by atoms with van der Waals surface area (Å²) in [6.45, 7) is 2.66. The third-order valence-electron chi connectivity index (χ3n) is 4.22. The highest BCUT2D eigenvalue weighted by atomic mass is 16.2. The zero-order valence-electron chi connectivity index (χ0n) is 14.8. The van der Waals surface area contributed by atoms with Crippen molar-refractivity contribution in [2.75, 3.05) is 12.4 Å². The molecule has 0 spiro atoms. The molecule has 0 unspecified atom stereocenters. The van der Waals surface area contributed by atoms with E-state index in [2.05, 4.69) is 15.2 Å². The lowest BCUT2D eigenvalue weighted by atomic mass is 10.1. The second-order valence-corrected chi connectivity index (χ2v) is 6.12. The highest BCUT2D eigenvalue weighted by molar-refractivity contribution is 6.05. The summed E-state index contributed by atoms with van der Waals surface area (Å²) in [5, 5.41) is 5.47. The average Bonchev–Trinajstić information content (AvgIpc) is 3.16. The van der Waals surface area contributed by atoms with Gasteiger partial charge in [-0.1, -0.05) is 18.2 Å². The van der Waals surface area contributed by atoms with Gasteiger partial charge in [0.15, 0.2) is 0 Å². The summed E-state index contributed by atoms with van der Waals surface area (Å²) in [5.41, 5.74) is 3.74. The zero-order chi connectivity index (χ0) is 18.5. The van der Waals surface area contributed by atoms with Crippen molar-refractivity contribution in [1.29, 1.82) is 0 Å². The second kappa shape index (κ2) is 7.70. The molecule has 1 aromatic heterocycles. The fourth-order valence-corrected chi connectivity index (χ4v) is 2.68. The van der Waals surface area contributed by atoms with Crippen LogP contribution < -0.4 is 10.6 Å². The van der Waals surface area contributed by atoms with Crippen LogP contribution in [-0.4, -0.2) is 23.4 Å². The lowest BCUT2D eigenvalue weighted by Gasteiger charge is -2.11. The van der Waals surface area contributed by atoms with Gasteiger partial charge in [-0.05, 0) is 54.4 Å². The first kappa shape index (κ1) is 17.5. The number of rotatable bonds is 5. The van der Waals surface area contributed by atoms with Gasteiger partial charge in [0.2, 0.25) is 0 Å². The van der Waals surface area contributed by atoms with E-state index in [-0.39, 0.29) is 11.8 Å². The first-order valence-electron chi connectivity index (χ1n) is 8.40. The molecule has 2 aromatic carbocycles. The van der Waals surface area contributed by atoms with Crippen LogP contribution in [0.15, 0.2) is 67.0 Å². The van der Waals surface area contributed by atoms with Crippen molar-refractivity contribution < 1.29 is 9.59 Å². The number of benzene rings is 2. The summed E-state index contributed by atoms with van der Waals surface area (Å²) in [5.74, 6) is -0.385. The number of nitrogens with one attached hydrogen (secondary N) is 2. The summed E-state index contributed by atoms with van der Waals surface area (Å²) in [7, 11) is 1.58. The van der Waals surface area contributed by atoms with E-state index in [1.54, 1.807) is 19.2 Å². The third kappa shape index (κ3) is 4.00. The minimum absolute atomic E-state index is 0.185. The highest BCUT2D eigenvalue weighted by Crippen LogP contribution is 2.18. The Bertz CT molecular complexity index is 913. The van der Waals surface area contributed by atoms with Crippen molar-refractivity contribution in [2.45, 2.75) is 13.5 Å². The van der Waals surface area contributed by atoms with E-state index in [1.165, 1.54) is 0 Å². The molecule has 0 aliphatic heterocycles. The van der Waals surface area contributed by atoms with Crippen molar-refractivity contribution in [3.8, 4) is 0 Å². The van der Waals surface area contributed by atoms with E-state index in [0.717, 1.165) is 17.7 Å². The smallest absolute Gasteiger partial charge is 0.255 e. The minimum Gasteiger partial charge on any atom is -0.355 e. The second-order valence-electron chi connectivity index (χ2n) is 6.12. The summed E-state index contributed by atoms with van der Waals surface area (Å²) in [4.78, 5) is 24.3. The van der Waals surface area contributed by atoms with Gasteiger partial charge in [0.1, 0.15) is 0 Å². The Morgan fingerprint density at radius 1 is 0.923 bits per heavy atom. The summed E-state index contributed by atoms with van der Waals surface area (Å²) in [6, 6.07) is 16.7.